The number of esters is 1. The first-order valence-electron chi connectivity index (χ1n) is 11.9. The lowest BCUT2D eigenvalue weighted by Gasteiger charge is -2.39. The minimum absolute atomic E-state index is 0.184. The molecule has 0 radical (unpaired) electrons. The van der Waals surface area contributed by atoms with Crippen LogP contribution in [0.25, 0.3) is 0 Å². The summed E-state index contributed by atoms with van der Waals surface area (Å²) in [4.78, 5) is 28.1. The third-order valence-corrected chi connectivity index (χ3v) is 8.09. The van der Waals surface area contributed by atoms with E-state index < -0.39 is 21.6 Å². The first-order valence-corrected chi connectivity index (χ1v) is 13.3. The van der Waals surface area contributed by atoms with Crippen LogP contribution in [-0.4, -0.2) is 82.0 Å². The zero-order valence-electron chi connectivity index (χ0n) is 21.6. The summed E-state index contributed by atoms with van der Waals surface area (Å²) in [5, 5.41) is 0. The summed E-state index contributed by atoms with van der Waals surface area (Å²) < 4.78 is 38.7. The molecule has 0 aliphatic carbocycles. The fourth-order valence-electron chi connectivity index (χ4n) is 4.24. The van der Waals surface area contributed by atoms with E-state index in [0.29, 0.717) is 50.6 Å². The SMILES string of the molecule is COc1ccc(S(=O)(=O)N(C)CCc2ccccc2)cc1N1CCN(C(=O)C(C)(C)OC(C)=O)CC1. The summed E-state index contributed by atoms with van der Waals surface area (Å²) in [6.45, 7) is 6.55. The second kappa shape index (κ2) is 11.3. The van der Waals surface area contributed by atoms with Crippen molar-refractivity contribution in [2.75, 3.05) is 51.8 Å². The molecule has 10 heteroatoms. The zero-order chi connectivity index (χ0) is 26.5. The minimum Gasteiger partial charge on any atom is -0.495 e. The number of likely N-dealkylation sites (N-methyl/N-ethyl adjacent to an activating group) is 1. The van der Waals surface area contributed by atoms with Crippen molar-refractivity contribution < 1.29 is 27.5 Å². The monoisotopic (exact) mass is 517 g/mol. The van der Waals surface area contributed by atoms with Crippen LogP contribution in [0.15, 0.2) is 53.4 Å². The molecule has 3 rings (SSSR count). The van der Waals surface area contributed by atoms with Crippen LogP contribution in [0.1, 0.15) is 26.3 Å². The second-order valence-corrected chi connectivity index (χ2v) is 11.3. The number of hydrogen-bond donors (Lipinski definition) is 0. The number of hydrogen-bond acceptors (Lipinski definition) is 7. The Morgan fingerprint density at radius 3 is 2.25 bits per heavy atom. The molecule has 1 aliphatic rings. The number of nitrogens with zero attached hydrogens (tertiary/aromatic N) is 3. The lowest BCUT2D eigenvalue weighted by Crippen LogP contribution is -2.55. The Morgan fingerprint density at radius 1 is 1.03 bits per heavy atom. The summed E-state index contributed by atoms with van der Waals surface area (Å²) in [5.74, 6) is -0.218. The highest BCUT2D eigenvalue weighted by molar-refractivity contribution is 7.89. The van der Waals surface area contributed by atoms with Crippen molar-refractivity contribution in [1.82, 2.24) is 9.21 Å². The lowest BCUT2D eigenvalue weighted by atomic mass is 10.1. The van der Waals surface area contributed by atoms with E-state index >= 15 is 0 Å². The molecule has 2 aromatic carbocycles. The Morgan fingerprint density at radius 2 is 1.67 bits per heavy atom. The largest absolute Gasteiger partial charge is 0.495 e. The number of sulfonamides is 1. The van der Waals surface area contributed by atoms with Crippen LogP contribution in [0.5, 0.6) is 5.75 Å². The Balaban J connectivity index is 1.73. The summed E-state index contributed by atoms with van der Waals surface area (Å²) in [7, 11) is -0.589. The summed E-state index contributed by atoms with van der Waals surface area (Å²) in [5.41, 5.74) is 0.477. The number of piperazine rings is 1. The van der Waals surface area contributed by atoms with E-state index in [1.807, 2.05) is 35.2 Å². The average Bonchev–Trinajstić information content (AvgIpc) is 2.86. The van der Waals surface area contributed by atoms with Crippen molar-refractivity contribution >= 4 is 27.6 Å². The number of carbonyl (C=O) groups excluding carboxylic acids is 2. The number of anilines is 1. The first kappa shape index (κ1) is 27.5. The minimum atomic E-state index is -3.71. The van der Waals surface area contributed by atoms with Gasteiger partial charge in [0.2, 0.25) is 10.0 Å². The molecule has 0 saturated carbocycles. The van der Waals surface area contributed by atoms with Gasteiger partial charge >= 0.3 is 5.97 Å². The van der Waals surface area contributed by atoms with Crippen LogP contribution in [0.2, 0.25) is 0 Å². The van der Waals surface area contributed by atoms with Crippen LogP contribution in [0.3, 0.4) is 0 Å². The van der Waals surface area contributed by atoms with E-state index in [2.05, 4.69) is 0 Å². The van der Waals surface area contributed by atoms with Crippen molar-refractivity contribution in [3.05, 3.63) is 54.1 Å². The molecule has 0 spiro atoms. The maximum Gasteiger partial charge on any atom is 0.303 e. The van der Waals surface area contributed by atoms with E-state index in [-0.39, 0.29) is 10.8 Å². The van der Waals surface area contributed by atoms with E-state index in [0.717, 1.165) is 5.56 Å². The fraction of sp³-hybridized carbons (Fsp3) is 0.462. The van der Waals surface area contributed by atoms with Crippen LogP contribution < -0.4 is 9.64 Å². The highest BCUT2D eigenvalue weighted by Crippen LogP contribution is 2.33. The Hall–Kier alpha value is -3.11. The van der Waals surface area contributed by atoms with E-state index in [1.54, 1.807) is 51.1 Å². The topological polar surface area (TPSA) is 96.5 Å². The van der Waals surface area contributed by atoms with Crippen molar-refractivity contribution in [3.8, 4) is 5.75 Å². The number of ether oxygens (including phenoxy) is 2. The molecule has 0 bridgehead atoms. The Labute approximate surface area is 213 Å². The third-order valence-electron chi connectivity index (χ3n) is 6.24. The normalized spacial score (nSPS) is 14.6. The summed E-state index contributed by atoms with van der Waals surface area (Å²) >= 11 is 0. The predicted molar refractivity (Wildman–Crippen MR) is 138 cm³/mol. The highest BCUT2D eigenvalue weighted by Gasteiger charge is 2.37. The van der Waals surface area contributed by atoms with Gasteiger partial charge in [-0.1, -0.05) is 30.3 Å². The molecule has 1 fully saturated rings. The molecule has 0 atom stereocenters. The Kier molecular flexibility index (Phi) is 8.63. The van der Waals surface area contributed by atoms with Crippen LogP contribution in [0, 0.1) is 0 Å². The van der Waals surface area contributed by atoms with Gasteiger partial charge in [0, 0.05) is 46.7 Å². The average molecular weight is 518 g/mol. The van der Waals surface area contributed by atoms with Gasteiger partial charge in [-0.2, -0.15) is 0 Å². The number of carbonyl (C=O) groups is 2. The number of benzene rings is 2. The molecule has 0 aromatic heterocycles. The Bertz CT molecular complexity index is 1180. The van der Waals surface area contributed by atoms with Crippen LogP contribution in [0.4, 0.5) is 5.69 Å². The zero-order valence-corrected chi connectivity index (χ0v) is 22.4. The van der Waals surface area contributed by atoms with Crippen LogP contribution >= 0.6 is 0 Å². The molecular weight excluding hydrogens is 482 g/mol. The van der Waals surface area contributed by atoms with Gasteiger partial charge in [-0.3, -0.25) is 9.59 Å². The molecular formula is C26H35N3O6S. The maximum atomic E-state index is 13.3. The smallest absolute Gasteiger partial charge is 0.303 e. The van der Waals surface area contributed by atoms with Gasteiger partial charge in [0.05, 0.1) is 17.7 Å². The molecule has 1 saturated heterocycles. The summed E-state index contributed by atoms with van der Waals surface area (Å²) in [6, 6.07) is 14.6. The molecule has 2 aromatic rings. The molecule has 1 amide bonds. The number of methoxy groups -OCH3 is 1. The first-order chi connectivity index (χ1) is 17.0. The third kappa shape index (κ3) is 6.36. The highest BCUT2D eigenvalue weighted by atomic mass is 32.2. The fourth-order valence-corrected chi connectivity index (χ4v) is 5.44. The van der Waals surface area contributed by atoms with Crippen molar-refractivity contribution in [2.45, 2.75) is 37.7 Å². The quantitative estimate of drug-likeness (QED) is 0.472. The van der Waals surface area contributed by atoms with Crippen molar-refractivity contribution in [3.63, 3.8) is 0 Å². The molecule has 36 heavy (non-hydrogen) atoms. The van der Waals surface area contributed by atoms with Crippen molar-refractivity contribution in [2.24, 2.45) is 0 Å². The van der Waals surface area contributed by atoms with E-state index in [9.17, 15) is 18.0 Å². The molecule has 0 N–H and O–H groups in total. The molecule has 1 heterocycles. The van der Waals surface area contributed by atoms with Gasteiger partial charge in [0.15, 0.2) is 5.60 Å². The molecule has 196 valence electrons. The number of rotatable bonds is 9. The lowest BCUT2D eigenvalue weighted by molar-refractivity contribution is -0.168. The number of amides is 1. The van der Waals surface area contributed by atoms with Crippen molar-refractivity contribution in [1.29, 1.82) is 0 Å². The second-order valence-electron chi connectivity index (χ2n) is 9.28. The standard InChI is InChI=1S/C26H35N3O6S/c1-20(30)35-26(2,3)25(31)29-17-15-28(16-18-29)23-19-22(11-12-24(23)34-5)36(32,33)27(4)14-13-21-9-7-6-8-10-21/h6-12,19H,13-18H2,1-5H3. The van der Waals surface area contributed by atoms with Gasteiger partial charge in [-0.25, -0.2) is 12.7 Å². The maximum absolute atomic E-state index is 13.3. The van der Waals surface area contributed by atoms with Gasteiger partial charge in [-0.05, 0) is 44.0 Å². The van der Waals surface area contributed by atoms with Gasteiger partial charge < -0.3 is 19.3 Å². The molecule has 9 nitrogen and oxygen atoms in total. The van der Waals surface area contributed by atoms with E-state index in [4.69, 9.17) is 9.47 Å². The van der Waals surface area contributed by atoms with Crippen LogP contribution in [-0.2, 0) is 30.8 Å². The predicted octanol–water partition coefficient (Wildman–Crippen LogP) is 2.55. The summed E-state index contributed by atoms with van der Waals surface area (Å²) in [6.07, 6.45) is 0.610. The van der Waals surface area contributed by atoms with E-state index in [1.165, 1.54) is 11.2 Å². The van der Waals surface area contributed by atoms with Gasteiger partial charge in [-0.15, -0.1) is 0 Å². The molecule has 0 unspecified atom stereocenters. The van der Waals surface area contributed by atoms with Gasteiger partial charge in [0.1, 0.15) is 5.75 Å². The molecule has 1 aliphatic heterocycles. The van der Waals surface area contributed by atoms with Gasteiger partial charge in [0.25, 0.3) is 5.91 Å².